The second kappa shape index (κ2) is 5.64. The van der Waals surface area contributed by atoms with E-state index in [1.54, 1.807) is 4.68 Å². The maximum absolute atomic E-state index is 11.2. The molecule has 0 aromatic carbocycles. The van der Waals surface area contributed by atoms with Crippen molar-refractivity contribution in [3.63, 3.8) is 0 Å². The van der Waals surface area contributed by atoms with E-state index in [1.165, 1.54) is 6.26 Å². The second-order valence-corrected chi connectivity index (χ2v) is 6.60. The van der Waals surface area contributed by atoms with Gasteiger partial charge in [0.1, 0.15) is 9.84 Å². The molecule has 0 saturated heterocycles. The minimum Gasteiger partial charge on any atom is -0.310 e. The van der Waals surface area contributed by atoms with E-state index in [4.69, 9.17) is 0 Å². The van der Waals surface area contributed by atoms with Gasteiger partial charge in [0.05, 0.1) is 11.9 Å². The topological polar surface area (TPSA) is 64.0 Å². The summed E-state index contributed by atoms with van der Waals surface area (Å²) in [5.74, 6) is 0.193. The van der Waals surface area contributed by atoms with Crippen LogP contribution in [0.4, 0.5) is 0 Å². The molecule has 1 heterocycles. The van der Waals surface area contributed by atoms with Gasteiger partial charge in [-0.05, 0) is 19.9 Å². The molecule has 1 rings (SSSR count). The molecule has 0 bridgehead atoms. The first-order valence-electron chi connectivity index (χ1n) is 5.74. The van der Waals surface area contributed by atoms with Crippen molar-refractivity contribution >= 4 is 9.84 Å². The Labute approximate surface area is 103 Å². The number of hydrogen-bond acceptors (Lipinski definition) is 4. The molecule has 0 radical (unpaired) electrons. The number of sulfone groups is 1. The van der Waals surface area contributed by atoms with Crippen LogP contribution in [0.15, 0.2) is 6.20 Å². The van der Waals surface area contributed by atoms with Crippen LogP contribution in [0.5, 0.6) is 0 Å². The third-order valence-corrected chi connectivity index (χ3v) is 3.85. The van der Waals surface area contributed by atoms with Gasteiger partial charge in [0.25, 0.3) is 0 Å². The Morgan fingerprint density at radius 3 is 2.59 bits per heavy atom. The first kappa shape index (κ1) is 14.2. The standard InChI is InChI=1S/C11H21N3O2S/c1-5-12-11(6-7-17(4,15)16)10-8-13-14(3)9(10)2/h8,11-12H,5-7H2,1-4H3. The molecule has 1 aromatic heterocycles. The van der Waals surface area contributed by atoms with Crippen LogP contribution in [-0.2, 0) is 16.9 Å². The van der Waals surface area contributed by atoms with Crippen molar-refractivity contribution < 1.29 is 8.42 Å². The average Bonchev–Trinajstić information content (AvgIpc) is 2.54. The molecular weight excluding hydrogens is 238 g/mol. The van der Waals surface area contributed by atoms with Crippen molar-refractivity contribution in [2.75, 3.05) is 18.6 Å². The summed E-state index contributed by atoms with van der Waals surface area (Å²) in [4.78, 5) is 0. The van der Waals surface area contributed by atoms with E-state index in [1.807, 2.05) is 27.1 Å². The highest BCUT2D eigenvalue weighted by Crippen LogP contribution is 2.20. The lowest BCUT2D eigenvalue weighted by atomic mass is 10.1. The SMILES string of the molecule is CCNC(CCS(C)(=O)=O)c1cnn(C)c1C. The molecule has 6 heteroatoms. The molecule has 0 fully saturated rings. The zero-order valence-electron chi connectivity index (χ0n) is 10.9. The average molecular weight is 259 g/mol. The third-order valence-electron chi connectivity index (χ3n) is 2.88. The molecule has 0 spiro atoms. The lowest BCUT2D eigenvalue weighted by Gasteiger charge is -2.17. The Morgan fingerprint density at radius 2 is 2.18 bits per heavy atom. The molecule has 0 aliphatic carbocycles. The summed E-state index contributed by atoms with van der Waals surface area (Å²) >= 11 is 0. The van der Waals surface area contributed by atoms with Crippen LogP contribution < -0.4 is 5.32 Å². The van der Waals surface area contributed by atoms with Crippen LogP contribution in [0.3, 0.4) is 0 Å². The van der Waals surface area contributed by atoms with E-state index in [2.05, 4.69) is 10.4 Å². The monoisotopic (exact) mass is 259 g/mol. The van der Waals surface area contributed by atoms with E-state index in [0.717, 1.165) is 17.8 Å². The van der Waals surface area contributed by atoms with Crippen molar-refractivity contribution in [2.45, 2.75) is 26.3 Å². The Kier molecular flexibility index (Phi) is 4.70. The summed E-state index contributed by atoms with van der Waals surface area (Å²) in [6, 6.07) is 0.0587. The third kappa shape index (κ3) is 4.12. The predicted octanol–water partition coefficient (Wildman–Crippen LogP) is 0.814. The molecule has 0 amide bonds. The number of nitrogens with zero attached hydrogens (tertiary/aromatic N) is 2. The fraction of sp³-hybridized carbons (Fsp3) is 0.727. The number of hydrogen-bond donors (Lipinski definition) is 1. The molecule has 1 atom stereocenters. The Morgan fingerprint density at radius 1 is 1.53 bits per heavy atom. The highest BCUT2D eigenvalue weighted by atomic mass is 32.2. The normalized spacial score (nSPS) is 13.9. The summed E-state index contributed by atoms with van der Waals surface area (Å²) < 4.78 is 24.2. The van der Waals surface area contributed by atoms with Gasteiger partial charge < -0.3 is 5.32 Å². The largest absolute Gasteiger partial charge is 0.310 e. The van der Waals surface area contributed by atoms with Crippen LogP contribution in [-0.4, -0.2) is 36.8 Å². The van der Waals surface area contributed by atoms with Gasteiger partial charge in [0.2, 0.25) is 0 Å². The molecular formula is C11H21N3O2S. The molecule has 1 aromatic rings. The van der Waals surface area contributed by atoms with Gasteiger partial charge in [-0.2, -0.15) is 5.10 Å². The quantitative estimate of drug-likeness (QED) is 0.821. The highest BCUT2D eigenvalue weighted by Gasteiger charge is 2.17. The smallest absolute Gasteiger partial charge is 0.147 e. The van der Waals surface area contributed by atoms with Gasteiger partial charge in [0, 0.05) is 30.6 Å². The number of aromatic nitrogens is 2. The van der Waals surface area contributed by atoms with Crippen LogP contribution in [0.2, 0.25) is 0 Å². The van der Waals surface area contributed by atoms with Crippen molar-refractivity contribution in [2.24, 2.45) is 7.05 Å². The van der Waals surface area contributed by atoms with Gasteiger partial charge in [-0.25, -0.2) is 8.42 Å². The van der Waals surface area contributed by atoms with Crippen molar-refractivity contribution in [1.29, 1.82) is 0 Å². The Bertz CT molecular complexity index is 465. The molecule has 98 valence electrons. The highest BCUT2D eigenvalue weighted by molar-refractivity contribution is 7.90. The predicted molar refractivity (Wildman–Crippen MR) is 68.7 cm³/mol. The van der Waals surface area contributed by atoms with Crippen molar-refractivity contribution in [3.8, 4) is 0 Å². The van der Waals surface area contributed by atoms with E-state index in [0.29, 0.717) is 6.42 Å². The van der Waals surface area contributed by atoms with E-state index in [9.17, 15) is 8.42 Å². The molecule has 0 aliphatic heterocycles. The summed E-state index contributed by atoms with van der Waals surface area (Å²) in [7, 11) is -1.03. The summed E-state index contributed by atoms with van der Waals surface area (Å²) in [5, 5.41) is 7.50. The lowest BCUT2D eigenvalue weighted by molar-refractivity contribution is 0.527. The van der Waals surface area contributed by atoms with Gasteiger partial charge in [-0.15, -0.1) is 0 Å². The first-order valence-corrected chi connectivity index (χ1v) is 7.80. The molecule has 17 heavy (non-hydrogen) atoms. The molecule has 1 unspecified atom stereocenters. The molecule has 0 saturated carbocycles. The van der Waals surface area contributed by atoms with Gasteiger partial charge >= 0.3 is 0 Å². The summed E-state index contributed by atoms with van der Waals surface area (Å²) in [6.07, 6.45) is 3.66. The Balaban J connectivity index is 2.82. The van der Waals surface area contributed by atoms with Crippen LogP contribution >= 0.6 is 0 Å². The zero-order chi connectivity index (χ0) is 13.1. The van der Waals surface area contributed by atoms with Crippen LogP contribution in [0.25, 0.3) is 0 Å². The van der Waals surface area contributed by atoms with Gasteiger partial charge in [-0.1, -0.05) is 6.92 Å². The Hall–Kier alpha value is -0.880. The summed E-state index contributed by atoms with van der Waals surface area (Å²) in [5.41, 5.74) is 2.16. The minimum atomic E-state index is -2.92. The molecule has 1 N–H and O–H groups in total. The minimum absolute atomic E-state index is 0.0587. The maximum atomic E-state index is 11.2. The number of aryl methyl sites for hydroxylation is 1. The second-order valence-electron chi connectivity index (χ2n) is 4.34. The van der Waals surface area contributed by atoms with E-state index in [-0.39, 0.29) is 11.8 Å². The number of nitrogens with one attached hydrogen (secondary N) is 1. The van der Waals surface area contributed by atoms with Crippen LogP contribution in [0, 0.1) is 6.92 Å². The van der Waals surface area contributed by atoms with Crippen LogP contribution in [0.1, 0.15) is 30.6 Å². The summed E-state index contributed by atoms with van der Waals surface area (Å²) in [6.45, 7) is 4.81. The lowest BCUT2D eigenvalue weighted by Crippen LogP contribution is -2.24. The van der Waals surface area contributed by atoms with Crippen molar-refractivity contribution in [1.82, 2.24) is 15.1 Å². The molecule has 5 nitrogen and oxygen atoms in total. The van der Waals surface area contributed by atoms with E-state index < -0.39 is 9.84 Å². The van der Waals surface area contributed by atoms with Crippen molar-refractivity contribution in [3.05, 3.63) is 17.5 Å². The maximum Gasteiger partial charge on any atom is 0.147 e. The van der Waals surface area contributed by atoms with Gasteiger partial charge in [0.15, 0.2) is 0 Å². The first-order chi connectivity index (χ1) is 7.85. The number of rotatable bonds is 6. The van der Waals surface area contributed by atoms with E-state index >= 15 is 0 Å². The molecule has 0 aliphatic rings. The fourth-order valence-electron chi connectivity index (χ4n) is 1.80. The van der Waals surface area contributed by atoms with Gasteiger partial charge in [-0.3, -0.25) is 4.68 Å². The zero-order valence-corrected chi connectivity index (χ0v) is 11.7. The fourth-order valence-corrected chi connectivity index (χ4v) is 2.47.